The van der Waals surface area contributed by atoms with E-state index in [9.17, 15) is 10.5 Å². The molecular formula is C45H25N5. The lowest BCUT2D eigenvalue weighted by molar-refractivity contribution is 1.18. The van der Waals surface area contributed by atoms with E-state index in [-0.39, 0.29) is 0 Å². The van der Waals surface area contributed by atoms with Crippen LogP contribution in [0.3, 0.4) is 0 Å². The molecule has 0 fully saturated rings. The van der Waals surface area contributed by atoms with E-state index in [1.807, 2.05) is 60.7 Å². The molecule has 50 heavy (non-hydrogen) atoms. The van der Waals surface area contributed by atoms with E-state index in [1.165, 1.54) is 0 Å². The number of nitrogens with zero attached hydrogens (tertiary/aromatic N) is 5. The summed E-state index contributed by atoms with van der Waals surface area (Å²) in [5.74, 6) is 0. The fraction of sp³-hybridized carbons (Fsp3) is 0. The highest BCUT2D eigenvalue weighted by Gasteiger charge is 2.20. The summed E-state index contributed by atoms with van der Waals surface area (Å²) in [6, 6.07) is 55.7. The topological polar surface area (TPSA) is 61.8 Å². The van der Waals surface area contributed by atoms with Gasteiger partial charge in [0.05, 0.1) is 51.9 Å². The third-order valence-electron chi connectivity index (χ3n) is 9.61. The molecule has 0 saturated carbocycles. The summed E-state index contributed by atoms with van der Waals surface area (Å²) < 4.78 is 4.42. The molecule has 9 aromatic rings. The Labute approximate surface area is 288 Å². The zero-order valence-electron chi connectivity index (χ0n) is 26.7. The van der Waals surface area contributed by atoms with Crippen LogP contribution in [0.2, 0.25) is 0 Å². The number of hydrogen-bond donors (Lipinski definition) is 0. The SMILES string of the molecule is [C-]#[N+]c1cc(C#N)c(-c2ccc(-c3ccc(-n4c5ccccc5c5cc(C#N)ccc54)cc3)cc2)c(-n2c3ccccc3c3ccccc32)c1. The smallest absolute Gasteiger partial charge is 0.190 e. The second-order valence-corrected chi connectivity index (χ2v) is 12.3. The molecule has 7 aromatic carbocycles. The molecule has 230 valence electrons. The van der Waals surface area contributed by atoms with Crippen LogP contribution in [0.15, 0.2) is 152 Å². The van der Waals surface area contributed by atoms with E-state index >= 15 is 0 Å². The number of aromatic nitrogens is 2. The monoisotopic (exact) mass is 635 g/mol. The van der Waals surface area contributed by atoms with Crippen molar-refractivity contribution in [2.24, 2.45) is 0 Å². The second-order valence-electron chi connectivity index (χ2n) is 12.3. The normalized spacial score (nSPS) is 11.1. The summed E-state index contributed by atoms with van der Waals surface area (Å²) in [7, 11) is 0. The van der Waals surface area contributed by atoms with E-state index in [2.05, 4.69) is 111 Å². The van der Waals surface area contributed by atoms with Crippen LogP contribution in [0.5, 0.6) is 0 Å². The maximum atomic E-state index is 10.4. The minimum atomic E-state index is 0.424. The van der Waals surface area contributed by atoms with E-state index in [1.54, 1.807) is 6.07 Å². The van der Waals surface area contributed by atoms with Crippen molar-refractivity contribution in [2.45, 2.75) is 0 Å². The van der Waals surface area contributed by atoms with Gasteiger partial charge in [0.15, 0.2) is 5.69 Å². The molecule has 5 heteroatoms. The number of fused-ring (bicyclic) bond motifs is 6. The lowest BCUT2D eigenvalue weighted by Crippen LogP contribution is -1.99. The predicted molar refractivity (Wildman–Crippen MR) is 202 cm³/mol. The molecule has 0 N–H and O–H groups in total. The summed E-state index contributed by atoms with van der Waals surface area (Å²) in [5, 5.41) is 24.3. The average Bonchev–Trinajstić information content (AvgIpc) is 3.70. The first kappa shape index (κ1) is 28.8. The fourth-order valence-corrected chi connectivity index (χ4v) is 7.38. The van der Waals surface area contributed by atoms with Crippen molar-refractivity contribution in [1.29, 1.82) is 10.5 Å². The van der Waals surface area contributed by atoms with Crippen molar-refractivity contribution in [3.05, 3.63) is 174 Å². The molecule has 2 aromatic heterocycles. The third-order valence-corrected chi connectivity index (χ3v) is 9.61. The molecule has 0 radical (unpaired) electrons. The van der Waals surface area contributed by atoms with Crippen molar-refractivity contribution in [1.82, 2.24) is 9.13 Å². The van der Waals surface area contributed by atoms with E-state index in [4.69, 9.17) is 6.57 Å². The minimum absolute atomic E-state index is 0.424. The van der Waals surface area contributed by atoms with Gasteiger partial charge in [0.2, 0.25) is 0 Å². The van der Waals surface area contributed by atoms with Gasteiger partial charge in [-0.15, -0.1) is 0 Å². The Hall–Kier alpha value is -7.39. The molecular weight excluding hydrogens is 611 g/mol. The van der Waals surface area contributed by atoms with E-state index < -0.39 is 0 Å². The van der Waals surface area contributed by atoms with Crippen molar-refractivity contribution in [3.63, 3.8) is 0 Å². The number of benzene rings is 7. The maximum absolute atomic E-state index is 10.4. The van der Waals surface area contributed by atoms with Crippen LogP contribution in [0, 0.1) is 29.2 Å². The zero-order chi connectivity index (χ0) is 33.8. The standard InChI is InChI=1S/C45H25N5/c1-48-34-25-33(28-47)45(44(26-34)50-41-12-6-2-8-36(41)37-9-3-7-13-42(37)50)32-17-15-30(16-18-32)31-19-21-35(22-20-31)49-40-11-5-4-10-38(40)39-24-29(27-46)14-23-43(39)49/h2-26H. The van der Waals surface area contributed by atoms with Gasteiger partial charge in [0, 0.05) is 38.5 Å². The molecule has 2 heterocycles. The first-order chi connectivity index (χ1) is 24.7. The van der Waals surface area contributed by atoms with Crippen molar-refractivity contribution in [3.8, 4) is 45.8 Å². The minimum Gasteiger partial charge on any atom is -0.310 e. The molecule has 0 atom stereocenters. The summed E-state index contributed by atoms with van der Waals surface area (Å²) in [4.78, 5) is 3.74. The van der Waals surface area contributed by atoms with Crippen molar-refractivity contribution in [2.75, 3.05) is 0 Å². The first-order valence-corrected chi connectivity index (χ1v) is 16.3. The summed E-state index contributed by atoms with van der Waals surface area (Å²) in [6.45, 7) is 7.81. The molecule has 0 aliphatic rings. The summed E-state index contributed by atoms with van der Waals surface area (Å²) >= 11 is 0. The average molecular weight is 636 g/mol. The molecule has 5 nitrogen and oxygen atoms in total. The van der Waals surface area contributed by atoms with E-state index in [0.29, 0.717) is 16.8 Å². The van der Waals surface area contributed by atoms with Crippen LogP contribution >= 0.6 is 0 Å². The Kier molecular flexibility index (Phi) is 6.56. The molecule has 0 bridgehead atoms. The lowest BCUT2D eigenvalue weighted by Gasteiger charge is -2.17. The molecule has 9 rings (SSSR count). The van der Waals surface area contributed by atoms with Crippen LogP contribution in [0.25, 0.3) is 82.1 Å². The molecule has 0 amide bonds. The second kappa shape index (κ2) is 11.4. The van der Waals surface area contributed by atoms with Gasteiger partial charge >= 0.3 is 0 Å². The van der Waals surface area contributed by atoms with Crippen molar-refractivity contribution >= 4 is 49.3 Å². The van der Waals surface area contributed by atoms with Crippen LogP contribution in [-0.2, 0) is 0 Å². The fourth-order valence-electron chi connectivity index (χ4n) is 7.38. The largest absolute Gasteiger partial charge is 0.310 e. The highest BCUT2D eigenvalue weighted by Crippen LogP contribution is 2.40. The zero-order valence-corrected chi connectivity index (χ0v) is 26.7. The van der Waals surface area contributed by atoms with Crippen LogP contribution in [0.4, 0.5) is 5.69 Å². The lowest BCUT2D eigenvalue weighted by atomic mass is 9.95. The predicted octanol–water partition coefficient (Wildman–Crippen LogP) is 11.5. The van der Waals surface area contributed by atoms with Crippen molar-refractivity contribution < 1.29 is 0 Å². The number of rotatable bonds is 4. The first-order valence-electron chi connectivity index (χ1n) is 16.3. The Morgan fingerprint density at radius 2 is 1.00 bits per heavy atom. The van der Waals surface area contributed by atoms with Gasteiger partial charge in [-0.05, 0) is 77.4 Å². The van der Waals surface area contributed by atoms with Gasteiger partial charge in [-0.3, -0.25) is 0 Å². The van der Waals surface area contributed by atoms with Gasteiger partial charge < -0.3 is 9.13 Å². The molecule has 0 spiro atoms. The highest BCUT2D eigenvalue weighted by molar-refractivity contribution is 6.11. The Bertz CT molecular complexity index is 2890. The third kappa shape index (κ3) is 4.38. The number of hydrogen-bond acceptors (Lipinski definition) is 2. The summed E-state index contributed by atoms with van der Waals surface area (Å²) in [5.41, 5.74) is 11.4. The Balaban J connectivity index is 1.15. The van der Waals surface area contributed by atoms with Gasteiger partial charge in [-0.2, -0.15) is 10.5 Å². The Morgan fingerprint density at radius 3 is 1.58 bits per heavy atom. The van der Waals surface area contributed by atoms with Crippen LogP contribution in [0.1, 0.15) is 11.1 Å². The van der Waals surface area contributed by atoms with E-state index in [0.717, 1.165) is 77.2 Å². The van der Waals surface area contributed by atoms with Gasteiger partial charge in [-0.1, -0.05) is 91.0 Å². The Morgan fingerprint density at radius 1 is 0.480 bits per heavy atom. The molecule has 0 aliphatic heterocycles. The quantitative estimate of drug-likeness (QED) is 0.181. The maximum Gasteiger partial charge on any atom is 0.190 e. The van der Waals surface area contributed by atoms with Crippen LogP contribution < -0.4 is 0 Å². The van der Waals surface area contributed by atoms with Crippen LogP contribution in [-0.4, -0.2) is 9.13 Å². The number of nitriles is 2. The molecule has 0 aliphatic carbocycles. The van der Waals surface area contributed by atoms with Gasteiger partial charge in [-0.25, -0.2) is 4.85 Å². The molecule has 0 unspecified atom stereocenters. The number of para-hydroxylation sites is 3. The summed E-state index contributed by atoms with van der Waals surface area (Å²) in [6.07, 6.45) is 0. The highest BCUT2D eigenvalue weighted by atomic mass is 15.0. The molecule has 0 saturated heterocycles. The van der Waals surface area contributed by atoms with Gasteiger partial charge in [0.25, 0.3) is 0 Å². The van der Waals surface area contributed by atoms with Gasteiger partial charge in [0.1, 0.15) is 0 Å².